The zero-order valence-corrected chi connectivity index (χ0v) is 11.2. The van der Waals surface area contributed by atoms with Gasteiger partial charge in [0.05, 0.1) is 4.47 Å². The van der Waals surface area contributed by atoms with Gasteiger partial charge in [0.15, 0.2) is 0 Å². The fraction of sp³-hybridized carbons (Fsp3) is 0.636. The molecule has 1 aromatic rings. The molecule has 1 aromatic heterocycles. The summed E-state index contributed by atoms with van der Waals surface area (Å²) in [5.74, 6) is 0. The Labute approximate surface area is 108 Å². The van der Waals surface area contributed by atoms with Crippen LogP contribution in [-0.4, -0.2) is 34.1 Å². The molecule has 2 heterocycles. The van der Waals surface area contributed by atoms with E-state index in [4.69, 9.17) is 0 Å². The van der Waals surface area contributed by atoms with E-state index in [1.807, 2.05) is 0 Å². The average molecular weight is 302 g/mol. The standard InChI is InChI=1S/C11H16BrN3O2/c12-9-8-13-11(17)15(10(9)16)7-3-6-14-4-1-2-5-14/h8H,1-7H2,(H,13,17). The molecule has 0 atom stereocenters. The van der Waals surface area contributed by atoms with Gasteiger partial charge in [0.2, 0.25) is 0 Å². The highest BCUT2D eigenvalue weighted by Crippen LogP contribution is 2.07. The van der Waals surface area contributed by atoms with Gasteiger partial charge in [0, 0.05) is 12.7 Å². The summed E-state index contributed by atoms with van der Waals surface area (Å²) in [6, 6.07) is 0. The molecule has 1 saturated heterocycles. The minimum absolute atomic E-state index is 0.254. The van der Waals surface area contributed by atoms with Crippen molar-refractivity contribution in [1.29, 1.82) is 0 Å². The largest absolute Gasteiger partial charge is 0.328 e. The van der Waals surface area contributed by atoms with Gasteiger partial charge in [-0.05, 0) is 54.8 Å². The summed E-state index contributed by atoms with van der Waals surface area (Å²) < 4.78 is 1.65. The maximum absolute atomic E-state index is 11.7. The van der Waals surface area contributed by atoms with Gasteiger partial charge in [-0.2, -0.15) is 0 Å². The van der Waals surface area contributed by atoms with E-state index in [1.165, 1.54) is 23.6 Å². The highest BCUT2D eigenvalue weighted by molar-refractivity contribution is 9.10. The molecule has 1 aliphatic rings. The topological polar surface area (TPSA) is 58.1 Å². The van der Waals surface area contributed by atoms with Crippen molar-refractivity contribution in [2.24, 2.45) is 0 Å². The van der Waals surface area contributed by atoms with E-state index in [0.29, 0.717) is 11.0 Å². The van der Waals surface area contributed by atoms with E-state index in [-0.39, 0.29) is 11.2 Å². The number of nitrogens with zero attached hydrogens (tertiary/aromatic N) is 2. The molecule has 0 radical (unpaired) electrons. The molecule has 0 unspecified atom stereocenters. The molecule has 17 heavy (non-hydrogen) atoms. The summed E-state index contributed by atoms with van der Waals surface area (Å²) in [4.78, 5) is 28.1. The third-order valence-corrected chi connectivity index (χ3v) is 3.64. The van der Waals surface area contributed by atoms with E-state index < -0.39 is 0 Å². The molecule has 1 aliphatic heterocycles. The highest BCUT2D eigenvalue weighted by Gasteiger charge is 2.11. The summed E-state index contributed by atoms with van der Waals surface area (Å²) in [5.41, 5.74) is -0.588. The molecule has 0 bridgehead atoms. The molecule has 6 heteroatoms. The number of H-pyrrole nitrogens is 1. The number of likely N-dealkylation sites (tertiary alicyclic amines) is 1. The van der Waals surface area contributed by atoms with Crippen LogP contribution in [0.5, 0.6) is 0 Å². The van der Waals surface area contributed by atoms with Gasteiger partial charge in [-0.1, -0.05) is 0 Å². The Morgan fingerprint density at radius 3 is 2.65 bits per heavy atom. The first kappa shape index (κ1) is 12.6. The highest BCUT2D eigenvalue weighted by atomic mass is 79.9. The molecule has 0 spiro atoms. The van der Waals surface area contributed by atoms with Gasteiger partial charge < -0.3 is 9.88 Å². The molecule has 0 saturated carbocycles. The van der Waals surface area contributed by atoms with Gasteiger partial charge in [-0.3, -0.25) is 9.36 Å². The monoisotopic (exact) mass is 301 g/mol. The second-order valence-corrected chi connectivity index (χ2v) is 5.16. The number of halogens is 1. The molecule has 5 nitrogen and oxygen atoms in total. The molecule has 0 amide bonds. The molecule has 1 fully saturated rings. The van der Waals surface area contributed by atoms with Crippen LogP contribution in [0.2, 0.25) is 0 Å². The number of hydrogen-bond acceptors (Lipinski definition) is 3. The van der Waals surface area contributed by atoms with E-state index >= 15 is 0 Å². The molecular formula is C11H16BrN3O2. The number of hydrogen-bond donors (Lipinski definition) is 1. The van der Waals surface area contributed by atoms with Crippen LogP contribution < -0.4 is 11.2 Å². The zero-order chi connectivity index (χ0) is 12.3. The predicted octanol–water partition coefficient (Wildman–Crippen LogP) is 0.785. The van der Waals surface area contributed by atoms with Crippen molar-refractivity contribution < 1.29 is 0 Å². The minimum Gasteiger partial charge on any atom is -0.313 e. The Morgan fingerprint density at radius 2 is 1.94 bits per heavy atom. The van der Waals surface area contributed by atoms with E-state index in [9.17, 15) is 9.59 Å². The lowest BCUT2D eigenvalue weighted by Gasteiger charge is -2.14. The number of aromatic nitrogens is 2. The van der Waals surface area contributed by atoms with Crippen molar-refractivity contribution in [2.75, 3.05) is 19.6 Å². The predicted molar refractivity (Wildman–Crippen MR) is 69.3 cm³/mol. The number of aromatic amines is 1. The SMILES string of the molecule is O=c1[nH]cc(Br)c(=O)n1CCCN1CCCC1. The summed E-state index contributed by atoms with van der Waals surface area (Å²) in [6.07, 6.45) is 4.75. The summed E-state index contributed by atoms with van der Waals surface area (Å²) in [6.45, 7) is 3.72. The van der Waals surface area contributed by atoms with Crippen LogP contribution in [0, 0.1) is 0 Å². The van der Waals surface area contributed by atoms with Gasteiger partial charge in [-0.15, -0.1) is 0 Å². The van der Waals surface area contributed by atoms with E-state index in [2.05, 4.69) is 25.8 Å². The van der Waals surface area contributed by atoms with Gasteiger partial charge in [-0.25, -0.2) is 4.79 Å². The maximum Gasteiger partial charge on any atom is 0.328 e. The van der Waals surface area contributed by atoms with Crippen LogP contribution >= 0.6 is 15.9 Å². The lowest BCUT2D eigenvalue weighted by molar-refractivity contribution is 0.323. The first-order valence-electron chi connectivity index (χ1n) is 5.89. The Hall–Kier alpha value is -0.880. The average Bonchev–Trinajstić information content (AvgIpc) is 2.81. The molecule has 0 aliphatic carbocycles. The Kier molecular flexibility index (Phi) is 4.17. The number of nitrogens with one attached hydrogen (secondary N) is 1. The zero-order valence-electron chi connectivity index (χ0n) is 9.62. The molecule has 1 N–H and O–H groups in total. The summed E-state index contributed by atoms with van der Waals surface area (Å²) in [5, 5.41) is 0. The summed E-state index contributed by atoms with van der Waals surface area (Å²) in [7, 11) is 0. The smallest absolute Gasteiger partial charge is 0.313 e. The summed E-state index contributed by atoms with van der Waals surface area (Å²) >= 11 is 3.12. The van der Waals surface area contributed by atoms with Crippen molar-refractivity contribution in [3.8, 4) is 0 Å². The van der Waals surface area contributed by atoms with Crippen molar-refractivity contribution in [3.63, 3.8) is 0 Å². The first-order valence-corrected chi connectivity index (χ1v) is 6.68. The van der Waals surface area contributed by atoms with Crippen molar-refractivity contribution in [2.45, 2.75) is 25.8 Å². The first-order chi connectivity index (χ1) is 8.18. The normalized spacial score (nSPS) is 16.5. The molecule has 2 rings (SSSR count). The maximum atomic E-state index is 11.7. The fourth-order valence-electron chi connectivity index (χ4n) is 2.15. The van der Waals surface area contributed by atoms with Gasteiger partial charge >= 0.3 is 5.69 Å². The van der Waals surface area contributed by atoms with Crippen LogP contribution in [0.3, 0.4) is 0 Å². The van der Waals surface area contributed by atoms with Crippen molar-refractivity contribution in [1.82, 2.24) is 14.5 Å². The number of rotatable bonds is 4. The van der Waals surface area contributed by atoms with Gasteiger partial charge in [0.25, 0.3) is 5.56 Å². The van der Waals surface area contributed by atoms with E-state index in [1.54, 1.807) is 0 Å². The molecular weight excluding hydrogens is 286 g/mol. The van der Waals surface area contributed by atoms with Crippen LogP contribution in [0.15, 0.2) is 20.3 Å². The Balaban J connectivity index is 1.96. The fourth-order valence-corrected chi connectivity index (χ4v) is 2.48. The second kappa shape index (κ2) is 5.64. The molecule has 0 aromatic carbocycles. The van der Waals surface area contributed by atoms with Crippen LogP contribution in [0.4, 0.5) is 0 Å². The van der Waals surface area contributed by atoms with Crippen LogP contribution in [0.1, 0.15) is 19.3 Å². The minimum atomic E-state index is -0.334. The Morgan fingerprint density at radius 1 is 1.24 bits per heavy atom. The second-order valence-electron chi connectivity index (χ2n) is 4.30. The lowest BCUT2D eigenvalue weighted by Crippen LogP contribution is -2.36. The third kappa shape index (κ3) is 3.07. The lowest BCUT2D eigenvalue weighted by atomic mass is 10.4. The van der Waals surface area contributed by atoms with E-state index in [0.717, 1.165) is 26.1 Å². The van der Waals surface area contributed by atoms with Crippen LogP contribution in [-0.2, 0) is 6.54 Å². The van der Waals surface area contributed by atoms with Crippen molar-refractivity contribution in [3.05, 3.63) is 31.5 Å². The van der Waals surface area contributed by atoms with Crippen LogP contribution in [0.25, 0.3) is 0 Å². The quantitative estimate of drug-likeness (QED) is 0.894. The Bertz CT molecular complexity index is 488. The molecule has 94 valence electrons. The third-order valence-electron chi connectivity index (χ3n) is 3.07. The van der Waals surface area contributed by atoms with Gasteiger partial charge in [0.1, 0.15) is 0 Å². The van der Waals surface area contributed by atoms with Crippen molar-refractivity contribution >= 4 is 15.9 Å².